The van der Waals surface area contributed by atoms with Crippen molar-refractivity contribution in [3.63, 3.8) is 0 Å². The Balaban J connectivity index is 1.51. The van der Waals surface area contributed by atoms with Crippen molar-refractivity contribution < 1.29 is 22.7 Å². The molecule has 33 heavy (non-hydrogen) atoms. The maximum atomic E-state index is 13.6. The SMILES string of the molecule is CCCOc1ccc(C)nc1C(=O)N1CC2C(C)C2CC1CNc1ccc(C(F)(F)F)cn1. The summed E-state index contributed by atoms with van der Waals surface area (Å²) in [5.74, 6) is 2.24. The summed E-state index contributed by atoms with van der Waals surface area (Å²) >= 11 is 0. The van der Waals surface area contributed by atoms with Gasteiger partial charge in [-0.25, -0.2) is 9.97 Å². The van der Waals surface area contributed by atoms with Gasteiger partial charge in [0.2, 0.25) is 0 Å². The molecule has 1 saturated heterocycles. The Kier molecular flexibility index (Phi) is 6.50. The van der Waals surface area contributed by atoms with E-state index in [4.69, 9.17) is 4.74 Å². The van der Waals surface area contributed by atoms with Crippen molar-refractivity contribution in [2.45, 2.75) is 45.8 Å². The summed E-state index contributed by atoms with van der Waals surface area (Å²) in [6.07, 6.45) is -1.95. The number of fused-ring (bicyclic) bond motifs is 1. The van der Waals surface area contributed by atoms with Crippen LogP contribution in [0.4, 0.5) is 19.0 Å². The zero-order valence-electron chi connectivity index (χ0n) is 19.0. The van der Waals surface area contributed by atoms with Crippen LogP contribution in [0.2, 0.25) is 0 Å². The minimum atomic E-state index is -4.42. The lowest BCUT2D eigenvalue weighted by molar-refractivity contribution is -0.137. The van der Waals surface area contributed by atoms with Crippen LogP contribution in [-0.2, 0) is 6.18 Å². The molecule has 4 rings (SSSR count). The molecule has 4 unspecified atom stereocenters. The van der Waals surface area contributed by atoms with E-state index < -0.39 is 11.7 Å². The van der Waals surface area contributed by atoms with E-state index in [2.05, 4.69) is 22.2 Å². The van der Waals surface area contributed by atoms with Crippen LogP contribution in [0.5, 0.6) is 5.75 Å². The number of anilines is 1. The molecule has 1 amide bonds. The number of halogens is 3. The highest BCUT2D eigenvalue weighted by atomic mass is 19.4. The number of pyridine rings is 2. The number of likely N-dealkylation sites (tertiary alicyclic amines) is 1. The number of piperidine rings is 1. The van der Waals surface area contributed by atoms with Crippen molar-refractivity contribution in [1.82, 2.24) is 14.9 Å². The number of nitrogens with zero attached hydrogens (tertiary/aromatic N) is 3. The molecule has 2 aromatic heterocycles. The number of aryl methyl sites for hydroxylation is 1. The van der Waals surface area contributed by atoms with E-state index in [0.717, 1.165) is 30.8 Å². The van der Waals surface area contributed by atoms with E-state index in [1.54, 1.807) is 6.07 Å². The molecule has 178 valence electrons. The van der Waals surface area contributed by atoms with Crippen LogP contribution in [0.15, 0.2) is 30.5 Å². The molecule has 1 aliphatic carbocycles. The second-order valence-corrected chi connectivity index (χ2v) is 8.99. The van der Waals surface area contributed by atoms with Gasteiger partial charge in [-0.3, -0.25) is 4.79 Å². The highest BCUT2D eigenvalue weighted by molar-refractivity contribution is 5.95. The highest BCUT2D eigenvalue weighted by Gasteiger charge is 2.53. The average Bonchev–Trinajstić information content (AvgIpc) is 3.43. The van der Waals surface area contributed by atoms with Gasteiger partial charge in [0, 0.05) is 31.0 Å². The maximum Gasteiger partial charge on any atom is 0.417 e. The second-order valence-electron chi connectivity index (χ2n) is 8.99. The Bertz CT molecular complexity index is 996. The molecule has 1 saturated carbocycles. The quantitative estimate of drug-likeness (QED) is 0.640. The van der Waals surface area contributed by atoms with Gasteiger partial charge < -0.3 is 15.0 Å². The molecule has 2 fully saturated rings. The van der Waals surface area contributed by atoms with Gasteiger partial charge in [0.05, 0.1) is 12.2 Å². The van der Waals surface area contributed by atoms with Crippen LogP contribution < -0.4 is 10.1 Å². The molecule has 2 aliphatic rings. The summed E-state index contributed by atoms with van der Waals surface area (Å²) in [4.78, 5) is 23.8. The summed E-state index contributed by atoms with van der Waals surface area (Å²) in [5, 5.41) is 3.12. The number of carbonyl (C=O) groups is 1. The van der Waals surface area contributed by atoms with Crippen molar-refractivity contribution in [2.75, 3.05) is 25.0 Å². The third kappa shape index (κ3) is 5.07. The first-order chi connectivity index (χ1) is 15.7. The van der Waals surface area contributed by atoms with E-state index in [9.17, 15) is 18.0 Å². The number of rotatable bonds is 7. The molecule has 0 radical (unpaired) electrons. The predicted octanol–water partition coefficient (Wildman–Crippen LogP) is 4.80. The third-order valence-electron chi connectivity index (χ3n) is 6.68. The van der Waals surface area contributed by atoms with Crippen molar-refractivity contribution in [3.05, 3.63) is 47.4 Å². The van der Waals surface area contributed by atoms with Crippen LogP contribution in [0, 0.1) is 24.7 Å². The minimum absolute atomic E-state index is 0.117. The Labute approximate surface area is 191 Å². The molecule has 2 aromatic rings. The second kappa shape index (κ2) is 9.19. The summed E-state index contributed by atoms with van der Waals surface area (Å²) in [6.45, 7) is 7.57. The zero-order valence-corrected chi connectivity index (χ0v) is 19.0. The topological polar surface area (TPSA) is 67.3 Å². The number of ether oxygens (including phenoxy) is 1. The Hall–Kier alpha value is -2.84. The molecule has 1 N–H and O–H groups in total. The standard InChI is InChI=1S/C24H29F3N4O2/c1-4-9-33-20-7-5-14(2)30-22(20)23(32)31-13-19-15(3)18(19)10-17(31)12-29-21-8-6-16(11-28-21)24(25,26)27/h5-8,11,15,17-19H,4,9-10,12-13H2,1-3H3,(H,28,29). The van der Waals surface area contributed by atoms with E-state index in [0.29, 0.717) is 54.7 Å². The molecule has 0 aromatic carbocycles. The van der Waals surface area contributed by atoms with Gasteiger partial charge in [0.1, 0.15) is 5.82 Å². The number of carbonyl (C=O) groups excluding carboxylic acids is 1. The Morgan fingerprint density at radius 3 is 2.70 bits per heavy atom. The van der Waals surface area contributed by atoms with Gasteiger partial charge in [0.25, 0.3) is 5.91 Å². The molecule has 9 heteroatoms. The fourth-order valence-electron chi connectivity index (χ4n) is 4.64. The lowest BCUT2D eigenvalue weighted by Gasteiger charge is -2.35. The van der Waals surface area contributed by atoms with Crippen LogP contribution in [-0.4, -0.2) is 46.5 Å². The van der Waals surface area contributed by atoms with Crippen LogP contribution in [0.1, 0.15) is 48.4 Å². The molecular formula is C24H29F3N4O2. The molecule has 1 aliphatic heterocycles. The number of hydrogen-bond acceptors (Lipinski definition) is 5. The predicted molar refractivity (Wildman–Crippen MR) is 118 cm³/mol. The van der Waals surface area contributed by atoms with E-state index in [1.165, 1.54) is 6.07 Å². The van der Waals surface area contributed by atoms with Crippen molar-refractivity contribution >= 4 is 11.7 Å². The molecule has 0 spiro atoms. The minimum Gasteiger partial charge on any atom is -0.491 e. The smallest absolute Gasteiger partial charge is 0.417 e. The van der Waals surface area contributed by atoms with Gasteiger partial charge in [-0.15, -0.1) is 0 Å². The largest absolute Gasteiger partial charge is 0.491 e. The summed E-state index contributed by atoms with van der Waals surface area (Å²) in [6, 6.07) is 5.82. The number of nitrogens with one attached hydrogen (secondary N) is 1. The van der Waals surface area contributed by atoms with Crippen molar-refractivity contribution in [1.29, 1.82) is 0 Å². The fourth-order valence-corrected chi connectivity index (χ4v) is 4.64. The first kappa shape index (κ1) is 23.3. The monoisotopic (exact) mass is 462 g/mol. The molecule has 4 atom stereocenters. The summed E-state index contributed by atoms with van der Waals surface area (Å²) < 4.78 is 44.2. The maximum absolute atomic E-state index is 13.6. The summed E-state index contributed by atoms with van der Waals surface area (Å²) in [5.41, 5.74) is 0.260. The van der Waals surface area contributed by atoms with Gasteiger partial charge in [-0.1, -0.05) is 13.8 Å². The third-order valence-corrected chi connectivity index (χ3v) is 6.68. The molecular weight excluding hydrogens is 433 g/mol. The normalized spacial score (nSPS) is 24.2. The van der Waals surface area contributed by atoms with E-state index in [1.807, 2.05) is 24.8 Å². The average molecular weight is 463 g/mol. The first-order valence-corrected chi connectivity index (χ1v) is 11.4. The molecule has 6 nitrogen and oxygen atoms in total. The van der Waals surface area contributed by atoms with E-state index in [-0.39, 0.29) is 11.9 Å². The van der Waals surface area contributed by atoms with Crippen LogP contribution in [0.3, 0.4) is 0 Å². The number of alkyl halides is 3. The van der Waals surface area contributed by atoms with Crippen LogP contribution >= 0.6 is 0 Å². The number of hydrogen-bond donors (Lipinski definition) is 1. The fraction of sp³-hybridized carbons (Fsp3) is 0.542. The first-order valence-electron chi connectivity index (χ1n) is 11.4. The zero-order chi connectivity index (χ0) is 23.8. The van der Waals surface area contributed by atoms with Gasteiger partial charge >= 0.3 is 6.18 Å². The lowest BCUT2D eigenvalue weighted by Crippen LogP contribution is -2.48. The van der Waals surface area contributed by atoms with Gasteiger partial charge in [-0.2, -0.15) is 13.2 Å². The highest BCUT2D eigenvalue weighted by Crippen LogP contribution is 2.53. The van der Waals surface area contributed by atoms with Gasteiger partial charge in [0.15, 0.2) is 11.4 Å². The van der Waals surface area contributed by atoms with Crippen molar-refractivity contribution in [2.24, 2.45) is 17.8 Å². The molecule has 3 heterocycles. The summed E-state index contributed by atoms with van der Waals surface area (Å²) in [7, 11) is 0. The number of amides is 1. The molecule has 0 bridgehead atoms. The number of aromatic nitrogens is 2. The lowest BCUT2D eigenvalue weighted by atomic mass is 10.0. The Morgan fingerprint density at radius 2 is 2.03 bits per heavy atom. The Morgan fingerprint density at radius 1 is 1.24 bits per heavy atom. The van der Waals surface area contributed by atoms with Gasteiger partial charge in [-0.05, 0) is 61.8 Å². The van der Waals surface area contributed by atoms with Crippen LogP contribution in [0.25, 0.3) is 0 Å². The van der Waals surface area contributed by atoms with E-state index >= 15 is 0 Å². The van der Waals surface area contributed by atoms with Crippen molar-refractivity contribution in [3.8, 4) is 5.75 Å².